The molecule has 0 aromatic heterocycles. The van der Waals surface area contributed by atoms with Crippen LogP contribution < -0.4 is 0 Å². The number of esters is 1. The third kappa shape index (κ3) is 3.01. The van der Waals surface area contributed by atoms with Gasteiger partial charge in [0.2, 0.25) is 0 Å². The largest absolute Gasteiger partial charge is 0.458 e. The lowest BCUT2D eigenvalue weighted by Crippen LogP contribution is -2.04. The molecule has 2 nitrogen and oxygen atoms in total. The van der Waals surface area contributed by atoms with Crippen molar-refractivity contribution in [3.8, 4) is 0 Å². The second-order valence-electron chi connectivity index (χ2n) is 2.67. The van der Waals surface area contributed by atoms with E-state index in [1.54, 1.807) is 12.2 Å². The highest BCUT2D eigenvalue weighted by atomic mass is 19.1. The fourth-order valence-electron chi connectivity index (χ4n) is 0.889. The van der Waals surface area contributed by atoms with Crippen molar-refractivity contribution in [2.24, 2.45) is 0 Å². The minimum atomic E-state index is -0.442. The van der Waals surface area contributed by atoms with Crippen molar-refractivity contribution in [3.63, 3.8) is 0 Å². The van der Waals surface area contributed by atoms with E-state index >= 15 is 0 Å². The van der Waals surface area contributed by atoms with Gasteiger partial charge in [0.05, 0.1) is 5.56 Å². The number of carbonyl (C=O) groups excluding carboxylic acids is 1. The Morgan fingerprint density at radius 2 is 2.07 bits per heavy atom. The van der Waals surface area contributed by atoms with Gasteiger partial charge in [0.25, 0.3) is 0 Å². The van der Waals surface area contributed by atoms with Gasteiger partial charge in [-0.1, -0.05) is 12.2 Å². The summed E-state index contributed by atoms with van der Waals surface area (Å²) in [4.78, 5) is 11.3. The molecule has 0 aliphatic heterocycles. The highest BCUT2D eigenvalue weighted by molar-refractivity contribution is 5.89. The van der Waals surface area contributed by atoms with Gasteiger partial charge in [-0.3, -0.25) is 0 Å². The summed E-state index contributed by atoms with van der Waals surface area (Å²) in [5.74, 6) is -0.807. The highest BCUT2D eigenvalue weighted by Crippen LogP contribution is 2.04. The minimum Gasteiger partial charge on any atom is -0.458 e. The number of benzene rings is 1. The molecule has 0 fully saturated rings. The van der Waals surface area contributed by atoms with Crippen LogP contribution in [0.15, 0.2) is 36.4 Å². The minimum absolute atomic E-state index is 0.243. The van der Waals surface area contributed by atoms with E-state index in [0.717, 1.165) is 0 Å². The van der Waals surface area contributed by atoms with Crippen LogP contribution in [0.1, 0.15) is 17.3 Å². The van der Waals surface area contributed by atoms with Crippen molar-refractivity contribution in [1.29, 1.82) is 0 Å². The lowest BCUT2D eigenvalue weighted by molar-refractivity contribution is 0.0549. The van der Waals surface area contributed by atoms with Crippen LogP contribution in [0.2, 0.25) is 0 Å². The first-order valence-electron chi connectivity index (χ1n) is 4.28. The number of hydrogen-bond acceptors (Lipinski definition) is 2. The Kier molecular flexibility index (Phi) is 3.85. The van der Waals surface area contributed by atoms with E-state index in [9.17, 15) is 9.18 Å². The van der Waals surface area contributed by atoms with Gasteiger partial charge in [-0.15, -0.1) is 0 Å². The van der Waals surface area contributed by atoms with E-state index in [1.807, 2.05) is 6.92 Å². The van der Waals surface area contributed by atoms with Gasteiger partial charge in [0.1, 0.15) is 12.4 Å². The van der Waals surface area contributed by atoms with Gasteiger partial charge < -0.3 is 4.74 Å². The van der Waals surface area contributed by atoms with Crippen LogP contribution in [0, 0.1) is 5.82 Å². The molecule has 14 heavy (non-hydrogen) atoms. The molecule has 0 aliphatic rings. The molecular formula is C11H11FO2. The van der Waals surface area contributed by atoms with Crippen molar-refractivity contribution >= 4 is 5.97 Å². The maximum absolute atomic E-state index is 12.5. The van der Waals surface area contributed by atoms with Crippen molar-refractivity contribution in [3.05, 3.63) is 47.8 Å². The Balaban J connectivity index is 2.56. The maximum atomic E-state index is 12.5. The van der Waals surface area contributed by atoms with Crippen molar-refractivity contribution in [1.82, 2.24) is 0 Å². The predicted octanol–water partition coefficient (Wildman–Crippen LogP) is 2.56. The molecule has 1 aromatic carbocycles. The quantitative estimate of drug-likeness (QED) is 0.546. The Morgan fingerprint density at radius 3 is 2.64 bits per heavy atom. The maximum Gasteiger partial charge on any atom is 0.338 e. The first-order valence-corrected chi connectivity index (χ1v) is 4.28. The van der Waals surface area contributed by atoms with Gasteiger partial charge >= 0.3 is 5.97 Å². The van der Waals surface area contributed by atoms with Gasteiger partial charge in [-0.25, -0.2) is 9.18 Å². The summed E-state index contributed by atoms with van der Waals surface area (Å²) < 4.78 is 17.4. The summed E-state index contributed by atoms with van der Waals surface area (Å²) in [6, 6.07) is 5.25. The number of allylic oxidation sites excluding steroid dienone is 1. The molecule has 3 heteroatoms. The van der Waals surface area contributed by atoms with E-state index in [2.05, 4.69) is 0 Å². The van der Waals surface area contributed by atoms with Gasteiger partial charge in [0.15, 0.2) is 0 Å². The van der Waals surface area contributed by atoms with E-state index in [4.69, 9.17) is 4.74 Å². The van der Waals surface area contributed by atoms with Crippen LogP contribution in [-0.4, -0.2) is 12.6 Å². The summed E-state index contributed by atoms with van der Waals surface area (Å²) >= 11 is 0. The van der Waals surface area contributed by atoms with Gasteiger partial charge in [-0.2, -0.15) is 0 Å². The number of ether oxygens (including phenoxy) is 1. The molecule has 0 spiro atoms. The lowest BCUT2D eigenvalue weighted by atomic mass is 10.2. The molecule has 0 saturated heterocycles. The Labute approximate surface area is 82.0 Å². The topological polar surface area (TPSA) is 26.3 Å². The molecule has 0 unspecified atom stereocenters. The van der Waals surface area contributed by atoms with E-state index < -0.39 is 5.97 Å². The molecule has 0 saturated carbocycles. The third-order valence-electron chi connectivity index (χ3n) is 1.63. The Bertz CT molecular complexity index is 328. The summed E-state index contributed by atoms with van der Waals surface area (Å²) in [7, 11) is 0. The van der Waals surface area contributed by atoms with Crippen molar-refractivity contribution in [2.75, 3.05) is 6.61 Å². The molecule has 0 amide bonds. The first kappa shape index (κ1) is 10.4. The molecule has 74 valence electrons. The van der Waals surface area contributed by atoms with E-state index in [0.29, 0.717) is 5.56 Å². The van der Waals surface area contributed by atoms with Crippen molar-refractivity contribution < 1.29 is 13.9 Å². The number of halogens is 1. The lowest BCUT2D eigenvalue weighted by Gasteiger charge is -2.00. The zero-order chi connectivity index (χ0) is 10.4. The fourth-order valence-corrected chi connectivity index (χ4v) is 0.889. The average Bonchev–Trinajstić information content (AvgIpc) is 2.19. The monoisotopic (exact) mass is 194 g/mol. The molecule has 0 bridgehead atoms. The smallest absolute Gasteiger partial charge is 0.338 e. The zero-order valence-corrected chi connectivity index (χ0v) is 7.87. The van der Waals surface area contributed by atoms with Gasteiger partial charge in [0, 0.05) is 0 Å². The van der Waals surface area contributed by atoms with Crippen molar-refractivity contribution in [2.45, 2.75) is 6.92 Å². The molecule has 1 rings (SSSR count). The summed E-state index contributed by atoms with van der Waals surface area (Å²) in [5.41, 5.74) is 0.357. The summed E-state index contributed by atoms with van der Waals surface area (Å²) in [6.45, 7) is 2.08. The molecule has 0 aliphatic carbocycles. The third-order valence-corrected chi connectivity index (χ3v) is 1.63. The second-order valence-corrected chi connectivity index (χ2v) is 2.67. The second kappa shape index (κ2) is 5.17. The molecule has 0 N–H and O–H groups in total. The number of rotatable bonds is 3. The van der Waals surface area contributed by atoms with Crippen LogP contribution in [0.4, 0.5) is 4.39 Å². The van der Waals surface area contributed by atoms with Gasteiger partial charge in [-0.05, 0) is 31.2 Å². The molecule has 1 aromatic rings. The number of hydrogen-bond donors (Lipinski definition) is 0. The van der Waals surface area contributed by atoms with Crippen LogP contribution >= 0.6 is 0 Å². The van der Waals surface area contributed by atoms with Crippen LogP contribution in [0.3, 0.4) is 0 Å². The average molecular weight is 194 g/mol. The van der Waals surface area contributed by atoms with Crippen LogP contribution in [-0.2, 0) is 4.74 Å². The fraction of sp³-hybridized carbons (Fsp3) is 0.182. The predicted molar refractivity (Wildman–Crippen MR) is 51.5 cm³/mol. The molecule has 0 heterocycles. The molecular weight excluding hydrogens is 183 g/mol. The summed E-state index contributed by atoms with van der Waals surface area (Å²) in [5, 5.41) is 0. The van der Waals surface area contributed by atoms with E-state index in [-0.39, 0.29) is 12.4 Å². The Hall–Kier alpha value is -1.64. The standard InChI is InChI=1S/C11H11FO2/c1-2-3-8-14-11(13)9-4-6-10(12)7-5-9/h2-7H,8H2,1H3/b3-2+. The highest BCUT2D eigenvalue weighted by Gasteiger charge is 2.04. The SMILES string of the molecule is C/C=C/COC(=O)c1ccc(F)cc1. The molecule has 0 atom stereocenters. The summed E-state index contributed by atoms with van der Waals surface area (Å²) in [6.07, 6.45) is 3.51. The Morgan fingerprint density at radius 1 is 1.43 bits per heavy atom. The van der Waals surface area contributed by atoms with Crippen LogP contribution in [0.5, 0.6) is 0 Å². The molecule has 0 radical (unpaired) electrons. The van der Waals surface area contributed by atoms with E-state index in [1.165, 1.54) is 24.3 Å². The zero-order valence-electron chi connectivity index (χ0n) is 7.87. The normalized spacial score (nSPS) is 10.4. The number of carbonyl (C=O) groups is 1. The first-order chi connectivity index (χ1) is 6.74. The van der Waals surface area contributed by atoms with Crippen LogP contribution in [0.25, 0.3) is 0 Å².